The van der Waals surface area contributed by atoms with Crippen molar-refractivity contribution in [1.29, 1.82) is 0 Å². The number of imide groups is 2. The molecule has 0 unspecified atom stereocenters. The van der Waals surface area contributed by atoms with Crippen LogP contribution in [0.3, 0.4) is 0 Å². The van der Waals surface area contributed by atoms with E-state index in [-0.39, 0.29) is 17.2 Å². The highest BCUT2D eigenvalue weighted by atomic mass is 16.5. The molecular formula is C19H21N3O6. The SMILES string of the molecule is C[C@@H](C(=O)OCC(=O)NC(=O)NC1CCCC1)N1C(=O)c2ccccc2C1=O. The van der Waals surface area contributed by atoms with E-state index < -0.39 is 42.4 Å². The Balaban J connectivity index is 1.49. The average Bonchev–Trinajstić information content (AvgIpc) is 3.26. The molecule has 0 saturated heterocycles. The summed E-state index contributed by atoms with van der Waals surface area (Å²) in [5, 5.41) is 4.77. The summed E-state index contributed by atoms with van der Waals surface area (Å²) in [6.07, 6.45) is 3.81. The van der Waals surface area contributed by atoms with Crippen LogP contribution in [0.2, 0.25) is 0 Å². The van der Waals surface area contributed by atoms with Crippen LogP contribution in [0, 0.1) is 0 Å². The Morgan fingerprint density at radius 1 is 1.11 bits per heavy atom. The zero-order valence-electron chi connectivity index (χ0n) is 15.4. The van der Waals surface area contributed by atoms with Gasteiger partial charge in [0.05, 0.1) is 11.1 Å². The number of hydrogen-bond donors (Lipinski definition) is 2. The molecule has 2 N–H and O–H groups in total. The predicted octanol–water partition coefficient (Wildman–Crippen LogP) is 0.983. The number of amides is 5. The maximum atomic E-state index is 12.4. The minimum atomic E-state index is -1.20. The lowest BCUT2D eigenvalue weighted by molar-refractivity contribution is -0.151. The van der Waals surface area contributed by atoms with E-state index in [1.165, 1.54) is 19.1 Å². The number of benzene rings is 1. The van der Waals surface area contributed by atoms with E-state index in [9.17, 15) is 24.0 Å². The summed E-state index contributed by atoms with van der Waals surface area (Å²) < 4.78 is 4.87. The van der Waals surface area contributed by atoms with Gasteiger partial charge in [0.1, 0.15) is 6.04 Å². The van der Waals surface area contributed by atoms with E-state index in [0.717, 1.165) is 30.6 Å². The Hall–Kier alpha value is -3.23. The first kappa shape index (κ1) is 19.5. The summed E-state index contributed by atoms with van der Waals surface area (Å²) in [7, 11) is 0. The zero-order valence-corrected chi connectivity index (χ0v) is 15.4. The molecule has 1 atom stereocenters. The molecule has 1 aliphatic carbocycles. The molecule has 1 fully saturated rings. The number of esters is 1. The molecule has 0 spiro atoms. The number of ether oxygens (including phenoxy) is 1. The first-order valence-electron chi connectivity index (χ1n) is 9.12. The van der Waals surface area contributed by atoms with Crippen LogP contribution in [-0.4, -0.2) is 53.3 Å². The second kappa shape index (κ2) is 8.20. The van der Waals surface area contributed by atoms with Gasteiger partial charge in [0.15, 0.2) is 6.61 Å². The molecule has 3 rings (SSSR count). The number of urea groups is 1. The van der Waals surface area contributed by atoms with E-state index in [1.54, 1.807) is 12.1 Å². The molecule has 148 valence electrons. The van der Waals surface area contributed by atoms with Gasteiger partial charge in [0, 0.05) is 6.04 Å². The van der Waals surface area contributed by atoms with Crippen LogP contribution in [0.4, 0.5) is 4.79 Å². The van der Waals surface area contributed by atoms with E-state index in [0.29, 0.717) is 0 Å². The fourth-order valence-electron chi connectivity index (χ4n) is 3.38. The van der Waals surface area contributed by atoms with Gasteiger partial charge in [-0.3, -0.25) is 24.6 Å². The molecule has 28 heavy (non-hydrogen) atoms. The van der Waals surface area contributed by atoms with E-state index in [4.69, 9.17) is 4.74 Å². The van der Waals surface area contributed by atoms with Gasteiger partial charge in [0.25, 0.3) is 17.7 Å². The van der Waals surface area contributed by atoms with Crippen LogP contribution in [-0.2, 0) is 14.3 Å². The van der Waals surface area contributed by atoms with Crippen LogP contribution < -0.4 is 10.6 Å². The smallest absolute Gasteiger partial charge is 0.329 e. The third-order valence-corrected chi connectivity index (χ3v) is 4.84. The van der Waals surface area contributed by atoms with Crippen molar-refractivity contribution < 1.29 is 28.7 Å². The molecule has 1 heterocycles. The monoisotopic (exact) mass is 387 g/mol. The third kappa shape index (κ3) is 4.03. The first-order chi connectivity index (χ1) is 13.4. The number of rotatable bonds is 5. The largest absolute Gasteiger partial charge is 0.454 e. The molecule has 0 aromatic heterocycles. The Kier molecular flexibility index (Phi) is 5.72. The summed E-state index contributed by atoms with van der Waals surface area (Å²) in [4.78, 5) is 61.2. The fraction of sp³-hybridized carbons (Fsp3) is 0.421. The average molecular weight is 387 g/mol. The van der Waals surface area contributed by atoms with Gasteiger partial charge in [-0.05, 0) is 31.9 Å². The van der Waals surface area contributed by atoms with Gasteiger partial charge in [-0.2, -0.15) is 0 Å². The lowest BCUT2D eigenvalue weighted by Gasteiger charge is -2.20. The maximum absolute atomic E-state index is 12.4. The summed E-state index contributed by atoms with van der Waals surface area (Å²) in [6, 6.07) is 4.46. The molecule has 9 heteroatoms. The van der Waals surface area contributed by atoms with E-state index in [2.05, 4.69) is 10.6 Å². The quantitative estimate of drug-likeness (QED) is 0.574. The summed E-state index contributed by atoms with van der Waals surface area (Å²) in [5.41, 5.74) is 0.432. The van der Waals surface area contributed by atoms with Crippen LogP contribution in [0.25, 0.3) is 0 Å². The number of nitrogens with zero attached hydrogens (tertiary/aromatic N) is 1. The van der Waals surface area contributed by atoms with E-state index in [1.807, 2.05) is 0 Å². The second-order valence-corrected chi connectivity index (χ2v) is 6.81. The van der Waals surface area contributed by atoms with Gasteiger partial charge in [-0.1, -0.05) is 25.0 Å². The zero-order chi connectivity index (χ0) is 20.3. The molecular weight excluding hydrogens is 366 g/mol. The van der Waals surface area contributed by atoms with Gasteiger partial charge in [0.2, 0.25) is 0 Å². The molecule has 5 amide bonds. The maximum Gasteiger partial charge on any atom is 0.329 e. The molecule has 1 saturated carbocycles. The molecule has 0 bridgehead atoms. The summed E-state index contributed by atoms with van der Waals surface area (Å²) in [5.74, 6) is -2.89. The lowest BCUT2D eigenvalue weighted by atomic mass is 10.1. The van der Waals surface area contributed by atoms with Gasteiger partial charge in [-0.15, -0.1) is 0 Å². The third-order valence-electron chi connectivity index (χ3n) is 4.84. The lowest BCUT2D eigenvalue weighted by Crippen LogP contribution is -2.46. The highest BCUT2D eigenvalue weighted by Crippen LogP contribution is 2.24. The topological polar surface area (TPSA) is 122 Å². The molecule has 9 nitrogen and oxygen atoms in total. The first-order valence-corrected chi connectivity index (χ1v) is 9.12. The van der Waals surface area contributed by atoms with Crippen LogP contribution in [0.5, 0.6) is 0 Å². The number of fused-ring (bicyclic) bond motifs is 1. The van der Waals surface area contributed by atoms with Crippen molar-refractivity contribution in [1.82, 2.24) is 15.5 Å². The molecule has 2 aliphatic rings. The van der Waals surface area contributed by atoms with Crippen LogP contribution >= 0.6 is 0 Å². The van der Waals surface area contributed by atoms with Crippen molar-refractivity contribution in [2.24, 2.45) is 0 Å². The number of carbonyl (C=O) groups is 5. The van der Waals surface area contributed by atoms with E-state index >= 15 is 0 Å². The van der Waals surface area contributed by atoms with Crippen molar-refractivity contribution in [3.63, 3.8) is 0 Å². The fourth-order valence-corrected chi connectivity index (χ4v) is 3.38. The summed E-state index contributed by atoms with van der Waals surface area (Å²) in [6.45, 7) is 0.652. The van der Waals surface area contributed by atoms with Crippen molar-refractivity contribution in [3.05, 3.63) is 35.4 Å². The van der Waals surface area contributed by atoms with Crippen molar-refractivity contribution in [2.75, 3.05) is 6.61 Å². The van der Waals surface area contributed by atoms with Gasteiger partial charge >= 0.3 is 12.0 Å². The number of nitrogens with one attached hydrogen (secondary N) is 2. The number of hydrogen-bond acceptors (Lipinski definition) is 6. The van der Waals surface area contributed by atoms with Gasteiger partial charge in [-0.25, -0.2) is 9.59 Å². The van der Waals surface area contributed by atoms with Crippen LogP contribution in [0.1, 0.15) is 53.3 Å². The van der Waals surface area contributed by atoms with Crippen molar-refractivity contribution in [2.45, 2.75) is 44.7 Å². The molecule has 1 aromatic rings. The highest BCUT2D eigenvalue weighted by molar-refractivity contribution is 6.22. The number of carbonyl (C=O) groups excluding carboxylic acids is 5. The summed E-state index contributed by atoms with van der Waals surface area (Å²) >= 11 is 0. The Morgan fingerprint density at radius 2 is 1.68 bits per heavy atom. The van der Waals surface area contributed by atoms with Crippen molar-refractivity contribution >= 4 is 29.7 Å². The minimum Gasteiger partial charge on any atom is -0.454 e. The van der Waals surface area contributed by atoms with Crippen molar-refractivity contribution in [3.8, 4) is 0 Å². The van der Waals surface area contributed by atoms with Gasteiger partial charge < -0.3 is 10.1 Å². The highest BCUT2D eigenvalue weighted by Gasteiger charge is 2.41. The normalized spacial score (nSPS) is 17.2. The Morgan fingerprint density at radius 3 is 2.25 bits per heavy atom. The second-order valence-electron chi connectivity index (χ2n) is 6.81. The Bertz CT molecular complexity index is 796. The predicted molar refractivity (Wildman–Crippen MR) is 96.3 cm³/mol. The minimum absolute atomic E-state index is 0.0456. The van der Waals surface area contributed by atoms with Crippen LogP contribution in [0.15, 0.2) is 24.3 Å². The Labute approximate surface area is 161 Å². The molecule has 1 aliphatic heterocycles. The molecule has 1 aromatic carbocycles. The molecule has 0 radical (unpaired) electrons. The standard InChI is InChI=1S/C19H21N3O6/c1-11(22-16(24)13-8-4-5-9-14(13)17(22)25)18(26)28-10-15(23)21-19(27)20-12-6-2-3-7-12/h4-5,8-9,11-12H,2-3,6-7,10H2,1H3,(H2,20,21,23,27)/t11-/m0/s1.